The predicted octanol–water partition coefficient (Wildman–Crippen LogP) is 2.93. The minimum Gasteiger partial charge on any atom is -0.429 e. The number of alkyl halides is 3. The summed E-state index contributed by atoms with van der Waals surface area (Å²) >= 11 is 3.39. The molecule has 0 bridgehead atoms. The van der Waals surface area contributed by atoms with Gasteiger partial charge in [0.15, 0.2) is 0 Å². The highest BCUT2D eigenvalue weighted by Gasteiger charge is 2.30. The lowest BCUT2D eigenvalue weighted by molar-refractivity contribution is -0.137. The van der Waals surface area contributed by atoms with Crippen LogP contribution in [0, 0.1) is 0 Å². The summed E-state index contributed by atoms with van der Waals surface area (Å²) in [5.74, 6) is 0.0770. The van der Waals surface area contributed by atoms with E-state index in [1.165, 1.54) is 12.1 Å². The molecule has 0 N–H and O–H groups in total. The van der Waals surface area contributed by atoms with Crippen LogP contribution in [0.15, 0.2) is 24.3 Å². The summed E-state index contributed by atoms with van der Waals surface area (Å²) in [5.41, 5.74) is -0.742. The molecule has 0 atom stereocenters. The maximum Gasteiger partial charge on any atom is 0.416 e. The van der Waals surface area contributed by atoms with Crippen molar-refractivity contribution in [3.8, 4) is 5.75 Å². The second kappa shape index (κ2) is 3.26. The van der Waals surface area contributed by atoms with E-state index in [1.54, 1.807) is 0 Å². The molecule has 0 amide bonds. The minimum atomic E-state index is -4.33. The second-order valence-electron chi connectivity index (χ2n) is 2.12. The third kappa shape index (κ3) is 2.07. The number of rotatable bonds is 1. The van der Waals surface area contributed by atoms with E-state index in [9.17, 15) is 13.2 Å². The normalized spacial score (nSPS) is 11.3. The Bertz CT molecular complexity index is 272. The summed E-state index contributed by atoms with van der Waals surface area (Å²) < 4.78 is 40.4. The van der Waals surface area contributed by atoms with Crippen LogP contribution in [-0.4, -0.2) is 0 Å². The molecule has 1 nitrogen and oxygen atoms in total. The maximum atomic E-state index is 12.0. The van der Waals surface area contributed by atoms with Crippen molar-refractivity contribution in [3.63, 3.8) is 0 Å². The predicted molar refractivity (Wildman–Crippen MR) is 41.1 cm³/mol. The summed E-state index contributed by atoms with van der Waals surface area (Å²) in [6.07, 6.45) is -4.33. The molecule has 0 saturated heterocycles. The standard InChI is InChI=1S/C7H5F3OS/c8-7(9,10)5-2-1-3-6(4-5)11-12/h1-4,12H. The van der Waals surface area contributed by atoms with Crippen molar-refractivity contribution in [2.24, 2.45) is 0 Å². The maximum absolute atomic E-state index is 12.0. The molecule has 0 saturated carbocycles. The molecule has 0 spiro atoms. The van der Waals surface area contributed by atoms with Crippen LogP contribution < -0.4 is 4.18 Å². The quantitative estimate of drug-likeness (QED) is 0.534. The lowest BCUT2D eigenvalue weighted by Gasteiger charge is -2.06. The zero-order chi connectivity index (χ0) is 9.19. The van der Waals surface area contributed by atoms with Crippen molar-refractivity contribution in [3.05, 3.63) is 29.8 Å². The molecular formula is C7H5F3OS. The molecule has 1 rings (SSSR count). The molecule has 1 aromatic carbocycles. The lowest BCUT2D eigenvalue weighted by Crippen LogP contribution is -2.04. The summed E-state index contributed by atoms with van der Waals surface area (Å²) in [5, 5.41) is 0. The number of hydrogen-bond donors (Lipinski definition) is 1. The van der Waals surface area contributed by atoms with Gasteiger partial charge in [0.2, 0.25) is 0 Å². The Morgan fingerprint density at radius 3 is 2.42 bits per heavy atom. The third-order valence-electron chi connectivity index (χ3n) is 1.27. The highest BCUT2D eigenvalue weighted by atomic mass is 32.1. The van der Waals surface area contributed by atoms with Crippen LogP contribution in [0.25, 0.3) is 0 Å². The fourth-order valence-corrected chi connectivity index (χ4v) is 0.843. The molecular weight excluding hydrogens is 189 g/mol. The topological polar surface area (TPSA) is 9.23 Å². The van der Waals surface area contributed by atoms with E-state index in [2.05, 4.69) is 17.1 Å². The smallest absolute Gasteiger partial charge is 0.416 e. The van der Waals surface area contributed by atoms with E-state index < -0.39 is 11.7 Å². The van der Waals surface area contributed by atoms with Gasteiger partial charge in [-0.15, -0.1) is 0 Å². The largest absolute Gasteiger partial charge is 0.429 e. The first-order valence-electron chi connectivity index (χ1n) is 3.03. The average molecular weight is 194 g/mol. The Morgan fingerprint density at radius 1 is 1.25 bits per heavy atom. The fraction of sp³-hybridized carbons (Fsp3) is 0.143. The van der Waals surface area contributed by atoms with E-state index in [1.807, 2.05) is 0 Å². The number of halogens is 3. The summed E-state index contributed by atoms with van der Waals surface area (Å²) in [7, 11) is 0. The molecule has 0 fully saturated rings. The monoisotopic (exact) mass is 194 g/mol. The summed E-state index contributed by atoms with van der Waals surface area (Å²) in [6.45, 7) is 0. The van der Waals surface area contributed by atoms with Crippen molar-refractivity contribution < 1.29 is 17.4 Å². The van der Waals surface area contributed by atoms with Gasteiger partial charge in [-0.1, -0.05) is 6.07 Å². The van der Waals surface area contributed by atoms with Crippen molar-refractivity contribution in [1.29, 1.82) is 0 Å². The van der Waals surface area contributed by atoms with Crippen molar-refractivity contribution in [2.75, 3.05) is 0 Å². The Hall–Kier alpha value is -0.840. The van der Waals surface area contributed by atoms with Gasteiger partial charge in [-0.2, -0.15) is 13.2 Å². The molecule has 66 valence electrons. The van der Waals surface area contributed by atoms with Gasteiger partial charge >= 0.3 is 6.18 Å². The van der Waals surface area contributed by atoms with Crippen LogP contribution in [0.3, 0.4) is 0 Å². The van der Waals surface area contributed by atoms with Gasteiger partial charge < -0.3 is 4.18 Å². The average Bonchev–Trinajstić information content (AvgIpc) is 2.03. The van der Waals surface area contributed by atoms with E-state index in [-0.39, 0.29) is 5.75 Å². The molecule has 0 aliphatic carbocycles. The zero-order valence-electron chi connectivity index (χ0n) is 5.80. The van der Waals surface area contributed by atoms with Crippen LogP contribution in [0.4, 0.5) is 13.2 Å². The van der Waals surface area contributed by atoms with E-state index in [0.717, 1.165) is 12.1 Å². The van der Waals surface area contributed by atoms with Gasteiger partial charge in [-0.05, 0) is 18.2 Å². The minimum absolute atomic E-state index is 0.0770. The molecule has 1 aromatic rings. The Morgan fingerprint density at radius 2 is 1.92 bits per heavy atom. The Balaban J connectivity index is 3.02. The van der Waals surface area contributed by atoms with E-state index in [0.29, 0.717) is 0 Å². The number of thiol groups is 1. The number of benzene rings is 1. The van der Waals surface area contributed by atoms with Crippen molar-refractivity contribution >= 4 is 12.9 Å². The SMILES string of the molecule is FC(F)(F)c1cccc(OS)c1. The number of hydrogen-bond acceptors (Lipinski definition) is 2. The van der Waals surface area contributed by atoms with E-state index >= 15 is 0 Å². The van der Waals surface area contributed by atoms with Crippen molar-refractivity contribution in [2.45, 2.75) is 6.18 Å². The second-order valence-corrected chi connectivity index (χ2v) is 2.30. The highest BCUT2D eigenvalue weighted by Crippen LogP contribution is 2.31. The molecule has 0 unspecified atom stereocenters. The first kappa shape index (κ1) is 9.25. The van der Waals surface area contributed by atoms with Gasteiger partial charge in [-0.25, -0.2) is 0 Å². The van der Waals surface area contributed by atoms with Crippen LogP contribution in [-0.2, 0) is 6.18 Å². The van der Waals surface area contributed by atoms with Gasteiger partial charge in [0.1, 0.15) is 5.75 Å². The fourth-order valence-electron chi connectivity index (χ4n) is 0.729. The highest BCUT2D eigenvalue weighted by molar-refractivity contribution is 7.75. The van der Waals surface area contributed by atoms with E-state index in [4.69, 9.17) is 0 Å². The molecule has 0 heterocycles. The first-order chi connectivity index (χ1) is 5.54. The van der Waals surface area contributed by atoms with Gasteiger partial charge in [0.05, 0.1) is 5.56 Å². The van der Waals surface area contributed by atoms with Crippen LogP contribution in [0.2, 0.25) is 0 Å². The Kier molecular flexibility index (Phi) is 2.52. The van der Waals surface area contributed by atoms with Crippen molar-refractivity contribution in [1.82, 2.24) is 0 Å². The first-order valence-corrected chi connectivity index (χ1v) is 3.39. The van der Waals surface area contributed by atoms with Gasteiger partial charge in [-0.3, -0.25) is 0 Å². The third-order valence-corrected chi connectivity index (χ3v) is 1.48. The lowest BCUT2D eigenvalue weighted by atomic mass is 10.2. The molecule has 0 radical (unpaired) electrons. The molecule has 5 heteroatoms. The van der Waals surface area contributed by atoms with Gasteiger partial charge in [0.25, 0.3) is 0 Å². The van der Waals surface area contributed by atoms with Gasteiger partial charge in [0, 0.05) is 12.9 Å². The van der Waals surface area contributed by atoms with Crippen LogP contribution in [0.5, 0.6) is 5.75 Å². The molecule has 0 aromatic heterocycles. The zero-order valence-corrected chi connectivity index (χ0v) is 6.69. The molecule has 0 aliphatic heterocycles. The Labute approximate surface area is 72.8 Å². The summed E-state index contributed by atoms with van der Waals surface area (Å²) in [4.78, 5) is 0. The molecule has 12 heavy (non-hydrogen) atoms. The van der Waals surface area contributed by atoms with Crippen LogP contribution >= 0.6 is 12.9 Å². The molecule has 0 aliphatic rings. The van der Waals surface area contributed by atoms with Crippen LogP contribution in [0.1, 0.15) is 5.56 Å². The summed E-state index contributed by atoms with van der Waals surface area (Å²) in [6, 6.07) is 4.50.